The van der Waals surface area contributed by atoms with Crippen molar-refractivity contribution in [1.29, 1.82) is 0 Å². The van der Waals surface area contributed by atoms with Crippen molar-refractivity contribution < 1.29 is 9.32 Å². The fourth-order valence-corrected chi connectivity index (χ4v) is 4.33. The number of nitrogens with one attached hydrogen (secondary N) is 1. The van der Waals surface area contributed by atoms with Crippen molar-refractivity contribution in [2.24, 2.45) is 0 Å². The minimum Gasteiger partial charge on any atom is -0.342 e. The number of rotatable bonds is 5. The van der Waals surface area contributed by atoms with Crippen molar-refractivity contribution in [1.82, 2.24) is 15.5 Å². The van der Waals surface area contributed by atoms with E-state index in [2.05, 4.69) is 15.5 Å². The van der Waals surface area contributed by atoms with E-state index < -0.39 is 5.54 Å². The van der Waals surface area contributed by atoms with Crippen molar-refractivity contribution in [2.45, 2.75) is 68.1 Å². The Bertz CT molecular complexity index is 739. The lowest BCUT2D eigenvalue weighted by molar-refractivity contribution is -0.122. The average molecular weight is 394 g/mol. The first-order chi connectivity index (χ1) is 12.5. The normalized spacial score (nSPS) is 18.1. The number of hydrogen-bond acceptors (Lipinski definition) is 5. The summed E-state index contributed by atoms with van der Waals surface area (Å²) >= 11 is 7.45. The first-order valence-corrected chi connectivity index (χ1v) is 10.3. The molecule has 26 heavy (non-hydrogen) atoms. The highest BCUT2D eigenvalue weighted by molar-refractivity contribution is 8.00. The van der Waals surface area contributed by atoms with E-state index in [1.54, 1.807) is 6.92 Å². The summed E-state index contributed by atoms with van der Waals surface area (Å²) in [6, 6.07) is 7.54. The summed E-state index contributed by atoms with van der Waals surface area (Å²) < 4.78 is 5.20. The Balaban J connectivity index is 1.75. The predicted octanol–water partition coefficient (Wildman–Crippen LogP) is 4.88. The molecule has 3 rings (SSSR count). The molecule has 1 fully saturated rings. The number of aryl methyl sites for hydroxylation is 1. The number of hydrogen-bond donors (Lipinski definition) is 1. The van der Waals surface area contributed by atoms with Gasteiger partial charge in [-0.05, 0) is 44.0 Å². The monoisotopic (exact) mass is 393 g/mol. The van der Waals surface area contributed by atoms with E-state index in [0.29, 0.717) is 16.7 Å². The number of halogens is 1. The molecule has 1 aromatic heterocycles. The van der Waals surface area contributed by atoms with Crippen LogP contribution in [0.25, 0.3) is 0 Å². The van der Waals surface area contributed by atoms with Crippen LogP contribution in [0, 0.1) is 6.92 Å². The molecule has 1 amide bonds. The summed E-state index contributed by atoms with van der Waals surface area (Å²) in [7, 11) is 0. The van der Waals surface area contributed by atoms with Crippen LogP contribution >= 0.6 is 23.4 Å². The number of benzene rings is 1. The van der Waals surface area contributed by atoms with Crippen molar-refractivity contribution in [2.75, 3.05) is 0 Å². The molecule has 0 saturated heterocycles. The topological polar surface area (TPSA) is 68.0 Å². The fraction of sp³-hybridized carbons (Fsp3) is 0.526. The minimum absolute atomic E-state index is 0.00527. The molecule has 1 heterocycles. The predicted molar refractivity (Wildman–Crippen MR) is 103 cm³/mol. The lowest BCUT2D eigenvalue weighted by Crippen LogP contribution is -2.49. The molecule has 0 spiro atoms. The molecule has 1 aliphatic rings. The molecular formula is C19H24ClN3O2S. The van der Waals surface area contributed by atoms with Crippen LogP contribution in [0.5, 0.6) is 0 Å². The molecule has 7 heteroatoms. The van der Waals surface area contributed by atoms with E-state index in [0.717, 1.165) is 30.6 Å². The number of thioether (sulfide) groups is 1. The maximum Gasteiger partial charge on any atom is 0.234 e. The maximum absolute atomic E-state index is 12.9. The highest BCUT2D eigenvalue weighted by atomic mass is 35.5. The Morgan fingerprint density at radius 3 is 2.46 bits per heavy atom. The van der Waals surface area contributed by atoms with E-state index in [1.807, 2.05) is 31.2 Å². The standard InChI is InChI=1S/C19H24ClN3O2S/c1-13(26-16-9-7-15(20)8-10-16)17(24)22-19(11-5-3-4-6-12-19)18-21-14(2)25-23-18/h7-10,13H,3-6,11-12H2,1-2H3,(H,22,24). The maximum atomic E-state index is 12.9. The summed E-state index contributed by atoms with van der Waals surface area (Å²) in [6.07, 6.45) is 6.12. The number of carbonyl (C=O) groups is 1. The van der Waals surface area contributed by atoms with Crippen LogP contribution in [-0.4, -0.2) is 21.3 Å². The van der Waals surface area contributed by atoms with Gasteiger partial charge >= 0.3 is 0 Å². The zero-order valence-electron chi connectivity index (χ0n) is 15.1. The molecule has 1 saturated carbocycles. The molecule has 1 aromatic carbocycles. The van der Waals surface area contributed by atoms with Gasteiger partial charge in [-0.2, -0.15) is 4.98 Å². The molecule has 1 aliphatic carbocycles. The third-order valence-corrected chi connectivity index (χ3v) is 6.13. The summed E-state index contributed by atoms with van der Waals surface area (Å²) in [4.78, 5) is 18.4. The molecule has 140 valence electrons. The highest BCUT2D eigenvalue weighted by Gasteiger charge is 2.39. The number of carbonyl (C=O) groups excluding carboxylic acids is 1. The molecule has 5 nitrogen and oxygen atoms in total. The van der Waals surface area contributed by atoms with Gasteiger partial charge in [-0.25, -0.2) is 0 Å². The smallest absolute Gasteiger partial charge is 0.234 e. The van der Waals surface area contributed by atoms with Crippen molar-refractivity contribution in [3.05, 3.63) is 41.0 Å². The van der Waals surface area contributed by atoms with Gasteiger partial charge in [-0.15, -0.1) is 11.8 Å². The van der Waals surface area contributed by atoms with Gasteiger partial charge in [0.05, 0.1) is 5.25 Å². The van der Waals surface area contributed by atoms with Crippen molar-refractivity contribution in [3.8, 4) is 0 Å². The van der Waals surface area contributed by atoms with E-state index in [4.69, 9.17) is 16.1 Å². The Morgan fingerprint density at radius 1 is 1.23 bits per heavy atom. The quantitative estimate of drug-likeness (QED) is 0.579. The number of amides is 1. The molecule has 1 atom stereocenters. The van der Waals surface area contributed by atoms with Gasteiger partial charge in [0, 0.05) is 16.8 Å². The summed E-state index contributed by atoms with van der Waals surface area (Å²) in [6.45, 7) is 3.70. The van der Waals surface area contributed by atoms with E-state index in [-0.39, 0.29) is 11.2 Å². The fourth-order valence-electron chi connectivity index (χ4n) is 3.34. The van der Waals surface area contributed by atoms with Gasteiger partial charge in [0.25, 0.3) is 0 Å². The first kappa shape index (κ1) is 19.2. The second kappa shape index (κ2) is 8.44. The van der Waals surface area contributed by atoms with Crippen LogP contribution in [0.3, 0.4) is 0 Å². The molecule has 2 aromatic rings. The van der Waals surface area contributed by atoms with E-state index >= 15 is 0 Å². The third-order valence-electron chi connectivity index (χ3n) is 4.77. The number of aromatic nitrogens is 2. The number of nitrogens with zero attached hydrogens (tertiary/aromatic N) is 2. The van der Waals surface area contributed by atoms with Crippen LogP contribution in [0.1, 0.15) is 57.2 Å². The van der Waals surface area contributed by atoms with Crippen molar-refractivity contribution in [3.63, 3.8) is 0 Å². The second-order valence-corrected chi connectivity index (χ2v) is 8.69. The Morgan fingerprint density at radius 2 is 1.88 bits per heavy atom. The average Bonchev–Trinajstić information content (AvgIpc) is 2.92. The van der Waals surface area contributed by atoms with Crippen LogP contribution in [0.2, 0.25) is 5.02 Å². The summed E-state index contributed by atoms with van der Waals surface area (Å²) in [5.41, 5.74) is -0.528. The van der Waals surface area contributed by atoms with Gasteiger partial charge in [0.2, 0.25) is 11.8 Å². The summed E-state index contributed by atoms with van der Waals surface area (Å²) in [5.74, 6) is 1.13. The van der Waals surface area contributed by atoms with Gasteiger partial charge in [0.1, 0.15) is 5.54 Å². The SMILES string of the molecule is Cc1nc(C2(NC(=O)C(C)Sc3ccc(Cl)cc3)CCCCCC2)no1. The zero-order valence-corrected chi connectivity index (χ0v) is 16.7. The largest absolute Gasteiger partial charge is 0.342 e. The van der Waals surface area contributed by atoms with E-state index in [1.165, 1.54) is 24.6 Å². The highest BCUT2D eigenvalue weighted by Crippen LogP contribution is 2.35. The molecule has 1 unspecified atom stereocenters. The molecule has 0 aliphatic heterocycles. The van der Waals surface area contributed by atoms with Crippen LogP contribution in [-0.2, 0) is 10.3 Å². The van der Waals surface area contributed by atoms with Gasteiger partial charge < -0.3 is 9.84 Å². The Hall–Kier alpha value is -1.53. The first-order valence-electron chi connectivity index (χ1n) is 9.03. The third kappa shape index (κ3) is 4.60. The Labute approximate surface area is 163 Å². The van der Waals surface area contributed by atoms with Gasteiger partial charge in [-0.1, -0.05) is 42.4 Å². The lowest BCUT2D eigenvalue weighted by Gasteiger charge is -2.31. The van der Waals surface area contributed by atoms with Crippen LogP contribution < -0.4 is 5.32 Å². The van der Waals surface area contributed by atoms with Gasteiger partial charge in [-0.3, -0.25) is 4.79 Å². The summed E-state index contributed by atoms with van der Waals surface area (Å²) in [5, 5.41) is 7.86. The molecule has 0 radical (unpaired) electrons. The minimum atomic E-state index is -0.528. The molecular weight excluding hydrogens is 370 g/mol. The second-order valence-electron chi connectivity index (χ2n) is 6.84. The molecule has 1 N–H and O–H groups in total. The lowest BCUT2D eigenvalue weighted by atomic mass is 9.89. The van der Waals surface area contributed by atoms with Crippen molar-refractivity contribution >= 4 is 29.3 Å². The van der Waals surface area contributed by atoms with Crippen LogP contribution in [0.4, 0.5) is 0 Å². The van der Waals surface area contributed by atoms with E-state index in [9.17, 15) is 4.79 Å². The molecule has 0 bridgehead atoms. The zero-order chi connectivity index (χ0) is 18.6. The van der Waals surface area contributed by atoms with Gasteiger partial charge in [0.15, 0.2) is 5.82 Å². The Kier molecular flexibility index (Phi) is 6.24. The van der Waals surface area contributed by atoms with Crippen LogP contribution in [0.15, 0.2) is 33.7 Å².